The van der Waals surface area contributed by atoms with Crippen molar-refractivity contribution < 1.29 is 13.2 Å². The SMILES string of the molecule is CC(C)(CCS)c1n[nH]c2cc(C(C)(C)C(F)(F)F)nn12. The van der Waals surface area contributed by atoms with Gasteiger partial charge >= 0.3 is 6.18 Å². The first-order valence-corrected chi connectivity index (χ1v) is 7.26. The molecule has 0 aliphatic carbocycles. The van der Waals surface area contributed by atoms with Crippen LogP contribution in [0, 0.1) is 0 Å². The summed E-state index contributed by atoms with van der Waals surface area (Å²) in [6, 6.07) is 1.40. The van der Waals surface area contributed by atoms with E-state index in [4.69, 9.17) is 0 Å². The highest BCUT2D eigenvalue weighted by Gasteiger charge is 2.50. The van der Waals surface area contributed by atoms with Gasteiger partial charge in [0.2, 0.25) is 0 Å². The second-order valence-corrected chi connectivity index (χ2v) is 6.80. The van der Waals surface area contributed by atoms with Crippen LogP contribution in [-0.4, -0.2) is 31.7 Å². The topological polar surface area (TPSA) is 46.0 Å². The van der Waals surface area contributed by atoms with E-state index in [1.165, 1.54) is 10.6 Å². The van der Waals surface area contributed by atoms with Crippen molar-refractivity contribution in [3.8, 4) is 0 Å². The second kappa shape index (κ2) is 4.93. The Hall–Kier alpha value is -1.18. The molecule has 2 aromatic heterocycles. The fourth-order valence-corrected chi connectivity index (χ4v) is 2.62. The molecule has 21 heavy (non-hydrogen) atoms. The van der Waals surface area contributed by atoms with Gasteiger partial charge in [0.25, 0.3) is 0 Å². The van der Waals surface area contributed by atoms with Gasteiger partial charge in [0.05, 0.1) is 5.69 Å². The van der Waals surface area contributed by atoms with Gasteiger partial charge in [-0.3, -0.25) is 5.10 Å². The maximum atomic E-state index is 13.1. The largest absolute Gasteiger partial charge is 0.399 e. The molecule has 2 heterocycles. The molecule has 0 unspecified atom stereocenters. The van der Waals surface area contributed by atoms with Crippen molar-refractivity contribution in [2.75, 3.05) is 5.75 Å². The number of nitrogens with zero attached hydrogens (tertiary/aromatic N) is 3. The summed E-state index contributed by atoms with van der Waals surface area (Å²) in [6.07, 6.45) is -3.62. The molecule has 0 atom stereocenters. The molecule has 8 heteroatoms. The molecular weight excluding hydrogens is 301 g/mol. The van der Waals surface area contributed by atoms with Gasteiger partial charge < -0.3 is 0 Å². The summed E-state index contributed by atoms with van der Waals surface area (Å²) in [7, 11) is 0. The summed E-state index contributed by atoms with van der Waals surface area (Å²) < 4.78 is 40.8. The number of alkyl halides is 3. The molecule has 2 aromatic rings. The predicted octanol–water partition coefficient (Wildman–Crippen LogP) is 3.49. The van der Waals surface area contributed by atoms with Crippen molar-refractivity contribution in [1.29, 1.82) is 0 Å². The Kier molecular flexibility index (Phi) is 3.80. The molecule has 0 aromatic carbocycles. The molecular formula is C13H19F3N4S. The van der Waals surface area contributed by atoms with Gasteiger partial charge in [0.15, 0.2) is 11.5 Å². The van der Waals surface area contributed by atoms with E-state index < -0.39 is 11.6 Å². The first kappa shape index (κ1) is 16.2. The molecule has 1 N–H and O–H groups in total. The Bertz CT molecular complexity index is 639. The Morgan fingerprint density at radius 3 is 2.38 bits per heavy atom. The van der Waals surface area contributed by atoms with Crippen LogP contribution < -0.4 is 0 Å². The lowest BCUT2D eigenvalue weighted by molar-refractivity contribution is -0.181. The van der Waals surface area contributed by atoms with E-state index in [9.17, 15) is 13.2 Å². The number of nitrogens with one attached hydrogen (secondary N) is 1. The molecule has 0 spiro atoms. The number of fused-ring (bicyclic) bond motifs is 1. The van der Waals surface area contributed by atoms with E-state index in [-0.39, 0.29) is 11.1 Å². The van der Waals surface area contributed by atoms with Gasteiger partial charge in [-0.05, 0) is 26.0 Å². The summed E-state index contributed by atoms with van der Waals surface area (Å²) in [4.78, 5) is 0. The number of thiol groups is 1. The van der Waals surface area contributed by atoms with Crippen LogP contribution in [0.4, 0.5) is 13.2 Å². The van der Waals surface area contributed by atoms with E-state index in [2.05, 4.69) is 27.9 Å². The van der Waals surface area contributed by atoms with E-state index in [1.54, 1.807) is 0 Å². The third-order valence-electron chi connectivity index (χ3n) is 3.88. The molecule has 118 valence electrons. The molecule has 4 nitrogen and oxygen atoms in total. The summed E-state index contributed by atoms with van der Waals surface area (Å²) in [5.74, 6) is 1.26. The maximum Gasteiger partial charge on any atom is 0.399 e. The molecule has 0 saturated heterocycles. The minimum atomic E-state index is -4.36. The van der Waals surface area contributed by atoms with Crippen molar-refractivity contribution in [2.24, 2.45) is 0 Å². The third-order valence-corrected chi connectivity index (χ3v) is 4.10. The van der Waals surface area contributed by atoms with Crippen LogP contribution in [-0.2, 0) is 10.8 Å². The summed E-state index contributed by atoms with van der Waals surface area (Å²) in [5, 5.41) is 11.1. The average Bonchev–Trinajstić information content (AvgIpc) is 2.85. The standard InChI is InChI=1S/C13H19F3N4S/c1-11(2,5-6-21)10-18-17-9-7-8(19-20(9)10)12(3,4)13(14,15)16/h7,17,21H,5-6H2,1-4H3. The van der Waals surface area contributed by atoms with Gasteiger partial charge in [-0.2, -0.15) is 40.5 Å². The molecule has 0 amide bonds. The van der Waals surface area contributed by atoms with E-state index in [0.29, 0.717) is 17.2 Å². The van der Waals surface area contributed by atoms with Gasteiger partial charge in [-0.15, -0.1) is 0 Å². The molecule has 0 saturated carbocycles. The highest BCUT2D eigenvalue weighted by Crippen LogP contribution is 2.40. The lowest BCUT2D eigenvalue weighted by Crippen LogP contribution is -2.37. The highest BCUT2D eigenvalue weighted by molar-refractivity contribution is 7.80. The molecule has 0 aliphatic heterocycles. The summed E-state index contributed by atoms with van der Waals surface area (Å²) in [6.45, 7) is 6.19. The number of H-pyrrole nitrogens is 1. The first-order valence-electron chi connectivity index (χ1n) is 6.63. The van der Waals surface area contributed by atoms with E-state index >= 15 is 0 Å². The smallest absolute Gasteiger partial charge is 0.259 e. The summed E-state index contributed by atoms with van der Waals surface area (Å²) >= 11 is 4.21. The number of halogens is 3. The van der Waals surface area contributed by atoms with Crippen molar-refractivity contribution in [1.82, 2.24) is 19.8 Å². The van der Waals surface area contributed by atoms with Gasteiger partial charge in [-0.1, -0.05) is 13.8 Å². The number of rotatable bonds is 4. The molecule has 0 aliphatic rings. The second-order valence-electron chi connectivity index (χ2n) is 6.35. The summed E-state index contributed by atoms with van der Waals surface area (Å²) in [5.41, 5.74) is -1.90. The predicted molar refractivity (Wildman–Crippen MR) is 77.9 cm³/mol. The normalized spacial score (nSPS) is 14.1. The van der Waals surface area contributed by atoms with Crippen molar-refractivity contribution >= 4 is 18.3 Å². The minimum absolute atomic E-state index is 0.0217. The first-order chi connectivity index (χ1) is 9.50. The van der Waals surface area contributed by atoms with E-state index in [1.807, 2.05) is 13.8 Å². The Morgan fingerprint density at radius 1 is 1.24 bits per heavy atom. The lowest BCUT2D eigenvalue weighted by atomic mass is 9.89. The Labute approximate surface area is 126 Å². The fraction of sp³-hybridized carbons (Fsp3) is 0.692. The highest BCUT2D eigenvalue weighted by atomic mass is 32.1. The maximum absolute atomic E-state index is 13.1. The number of aromatic nitrogens is 4. The van der Waals surface area contributed by atoms with Gasteiger partial charge in [0.1, 0.15) is 5.41 Å². The molecule has 0 radical (unpaired) electrons. The third kappa shape index (κ3) is 2.65. The Morgan fingerprint density at radius 2 is 1.86 bits per heavy atom. The monoisotopic (exact) mass is 320 g/mol. The number of hydrogen-bond acceptors (Lipinski definition) is 3. The zero-order valence-corrected chi connectivity index (χ0v) is 13.3. The fourth-order valence-electron chi connectivity index (χ4n) is 2.06. The zero-order chi connectivity index (χ0) is 16.1. The number of aromatic amines is 1. The zero-order valence-electron chi connectivity index (χ0n) is 12.4. The molecule has 2 rings (SSSR count). The van der Waals surface area contributed by atoms with Crippen molar-refractivity contribution in [3.63, 3.8) is 0 Å². The van der Waals surface area contributed by atoms with Crippen molar-refractivity contribution in [2.45, 2.75) is 51.1 Å². The minimum Gasteiger partial charge on any atom is -0.259 e. The quantitative estimate of drug-likeness (QED) is 0.847. The lowest BCUT2D eigenvalue weighted by Gasteiger charge is -2.25. The van der Waals surface area contributed by atoms with Crippen LogP contribution >= 0.6 is 12.6 Å². The Balaban J connectivity index is 2.52. The number of hydrogen-bond donors (Lipinski definition) is 2. The van der Waals surface area contributed by atoms with Crippen LogP contribution in [0.1, 0.15) is 45.6 Å². The van der Waals surface area contributed by atoms with E-state index in [0.717, 1.165) is 20.3 Å². The van der Waals surface area contributed by atoms with Crippen LogP contribution in [0.2, 0.25) is 0 Å². The van der Waals surface area contributed by atoms with Crippen LogP contribution in [0.5, 0.6) is 0 Å². The van der Waals surface area contributed by atoms with Gasteiger partial charge in [0, 0.05) is 11.5 Å². The van der Waals surface area contributed by atoms with Gasteiger partial charge in [-0.25, -0.2) is 0 Å². The van der Waals surface area contributed by atoms with Crippen LogP contribution in [0.25, 0.3) is 5.65 Å². The van der Waals surface area contributed by atoms with Crippen LogP contribution in [0.3, 0.4) is 0 Å². The van der Waals surface area contributed by atoms with Crippen LogP contribution in [0.15, 0.2) is 6.07 Å². The molecule has 0 bridgehead atoms. The molecule has 0 fully saturated rings. The van der Waals surface area contributed by atoms with Crippen molar-refractivity contribution in [3.05, 3.63) is 17.6 Å². The average molecular weight is 320 g/mol.